The van der Waals surface area contributed by atoms with Crippen molar-refractivity contribution in [2.24, 2.45) is 0 Å². The first-order valence-electron chi connectivity index (χ1n) is 6.60. The maximum absolute atomic E-state index is 7.15. The number of hydrogen-bond acceptors (Lipinski definition) is 2. The molecule has 0 saturated carbocycles. The summed E-state index contributed by atoms with van der Waals surface area (Å²) in [5.41, 5.74) is 5.09. The van der Waals surface area contributed by atoms with E-state index in [2.05, 4.69) is 84.9 Å². The summed E-state index contributed by atoms with van der Waals surface area (Å²) in [4.78, 5) is 14.3. The van der Waals surface area contributed by atoms with Gasteiger partial charge in [0.2, 0.25) is 0 Å². The van der Waals surface area contributed by atoms with Gasteiger partial charge in [-0.2, -0.15) is 0 Å². The van der Waals surface area contributed by atoms with Gasteiger partial charge in [-0.25, -0.2) is 0 Å². The highest BCUT2D eigenvalue weighted by atomic mass is 31.1. The standard InChI is InChI=1S/C18H14.H3O2P/c1-3-9-15(10-4-1)17-13-7-8-14-18(17)16-11-5-2-6-12-16;1-3-2/h1-14H;1-3H. The fourth-order valence-electron chi connectivity index (χ4n) is 2.22. The monoisotopic (exact) mass is 296 g/mol. The van der Waals surface area contributed by atoms with Crippen molar-refractivity contribution in [1.82, 2.24) is 0 Å². The number of benzene rings is 3. The Labute approximate surface area is 126 Å². The van der Waals surface area contributed by atoms with E-state index in [1.807, 2.05) is 0 Å². The van der Waals surface area contributed by atoms with Gasteiger partial charge in [-0.3, -0.25) is 0 Å². The van der Waals surface area contributed by atoms with Crippen LogP contribution in [0.15, 0.2) is 84.9 Å². The van der Waals surface area contributed by atoms with Crippen LogP contribution in [0.25, 0.3) is 22.3 Å². The maximum atomic E-state index is 7.15. The fourth-order valence-corrected chi connectivity index (χ4v) is 2.22. The van der Waals surface area contributed by atoms with E-state index >= 15 is 0 Å². The molecule has 2 nitrogen and oxygen atoms in total. The van der Waals surface area contributed by atoms with E-state index in [9.17, 15) is 0 Å². The van der Waals surface area contributed by atoms with Crippen LogP contribution in [0.4, 0.5) is 0 Å². The normalized spacial score (nSPS) is 9.62. The summed E-state index contributed by atoms with van der Waals surface area (Å²) in [6.07, 6.45) is 0. The van der Waals surface area contributed by atoms with Crippen molar-refractivity contribution >= 4 is 9.03 Å². The molecule has 0 atom stereocenters. The molecule has 0 aliphatic carbocycles. The van der Waals surface area contributed by atoms with Gasteiger partial charge < -0.3 is 9.79 Å². The quantitative estimate of drug-likeness (QED) is 0.684. The summed E-state index contributed by atoms with van der Waals surface area (Å²) in [6, 6.07) is 29.6. The average molecular weight is 296 g/mol. The van der Waals surface area contributed by atoms with Gasteiger partial charge in [-0.15, -0.1) is 0 Å². The molecule has 0 aromatic heterocycles. The Morgan fingerprint density at radius 3 is 1.10 bits per heavy atom. The highest BCUT2D eigenvalue weighted by Crippen LogP contribution is 2.31. The Morgan fingerprint density at radius 1 is 0.476 bits per heavy atom. The van der Waals surface area contributed by atoms with Gasteiger partial charge >= 0.3 is 0 Å². The van der Waals surface area contributed by atoms with E-state index in [0.29, 0.717) is 0 Å². The topological polar surface area (TPSA) is 40.5 Å². The van der Waals surface area contributed by atoms with Crippen LogP contribution >= 0.6 is 9.03 Å². The first-order chi connectivity index (χ1) is 10.4. The SMILES string of the molecule is OPO.c1ccc(-c2ccccc2-c2ccccc2)cc1. The molecule has 3 aromatic carbocycles. The van der Waals surface area contributed by atoms with Crippen molar-refractivity contribution in [2.45, 2.75) is 0 Å². The Kier molecular flexibility index (Phi) is 6.11. The molecule has 3 rings (SSSR count). The predicted octanol–water partition coefficient (Wildman–Crippen LogP) is 4.50. The van der Waals surface area contributed by atoms with Crippen LogP contribution in [-0.2, 0) is 0 Å². The van der Waals surface area contributed by atoms with Gasteiger partial charge in [0.1, 0.15) is 9.03 Å². The molecule has 0 bridgehead atoms. The Balaban J connectivity index is 0.000000497. The lowest BCUT2D eigenvalue weighted by Crippen LogP contribution is -1.83. The second-order valence-electron chi connectivity index (χ2n) is 4.38. The zero-order valence-corrected chi connectivity index (χ0v) is 12.5. The van der Waals surface area contributed by atoms with Crippen LogP contribution < -0.4 is 0 Å². The first kappa shape index (κ1) is 15.4. The summed E-state index contributed by atoms with van der Waals surface area (Å²) in [5, 5.41) is 0. The lowest BCUT2D eigenvalue weighted by Gasteiger charge is -2.09. The van der Waals surface area contributed by atoms with Crippen molar-refractivity contribution in [2.75, 3.05) is 0 Å². The van der Waals surface area contributed by atoms with Gasteiger partial charge in [0.25, 0.3) is 0 Å². The summed E-state index contributed by atoms with van der Waals surface area (Å²) >= 11 is 0. The number of rotatable bonds is 2. The molecule has 0 unspecified atom stereocenters. The lowest BCUT2D eigenvalue weighted by atomic mass is 9.95. The van der Waals surface area contributed by atoms with E-state index in [1.165, 1.54) is 22.3 Å². The first-order valence-corrected chi connectivity index (χ1v) is 7.49. The summed E-state index contributed by atoms with van der Waals surface area (Å²) < 4.78 is 0. The minimum atomic E-state index is -0.917. The minimum Gasteiger partial charge on any atom is -0.352 e. The highest BCUT2D eigenvalue weighted by Gasteiger charge is 2.05. The van der Waals surface area contributed by atoms with Gasteiger partial charge in [-0.1, -0.05) is 84.9 Å². The predicted molar refractivity (Wildman–Crippen MR) is 90.1 cm³/mol. The van der Waals surface area contributed by atoms with Crippen LogP contribution in [0.2, 0.25) is 0 Å². The largest absolute Gasteiger partial charge is 0.352 e. The van der Waals surface area contributed by atoms with Crippen LogP contribution in [0.1, 0.15) is 0 Å². The molecule has 2 N–H and O–H groups in total. The Hall–Kier alpha value is -1.99. The molecule has 3 aromatic rings. The summed E-state index contributed by atoms with van der Waals surface area (Å²) in [5.74, 6) is 0. The van der Waals surface area contributed by atoms with E-state index in [-0.39, 0.29) is 0 Å². The molecule has 0 amide bonds. The van der Waals surface area contributed by atoms with E-state index < -0.39 is 9.03 Å². The number of hydrogen-bond donors (Lipinski definition) is 2. The molecular weight excluding hydrogens is 279 g/mol. The molecule has 3 heteroatoms. The molecule has 106 valence electrons. The fraction of sp³-hybridized carbons (Fsp3) is 0. The van der Waals surface area contributed by atoms with Crippen LogP contribution in [0.3, 0.4) is 0 Å². The van der Waals surface area contributed by atoms with E-state index in [4.69, 9.17) is 9.79 Å². The smallest absolute Gasteiger partial charge is 0.149 e. The summed E-state index contributed by atoms with van der Waals surface area (Å²) in [6.45, 7) is 0. The molecule has 0 heterocycles. The van der Waals surface area contributed by atoms with Crippen molar-refractivity contribution in [1.29, 1.82) is 0 Å². The molecule has 0 aliphatic heterocycles. The average Bonchev–Trinajstić information content (AvgIpc) is 2.57. The zero-order valence-electron chi connectivity index (χ0n) is 11.5. The molecule has 21 heavy (non-hydrogen) atoms. The van der Waals surface area contributed by atoms with Crippen molar-refractivity contribution in [3.63, 3.8) is 0 Å². The van der Waals surface area contributed by atoms with Crippen LogP contribution in [-0.4, -0.2) is 9.79 Å². The van der Waals surface area contributed by atoms with E-state index in [0.717, 1.165) is 0 Å². The van der Waals surface area contributed by atoms with Crippen LogP contribution in [0.5, 0.6) is 0 Å². The Morgan fingerprint density at radius 2 is 0.762 bits per heavy atom. The molecule has 0 spiro atoms. The molecule has 0 saturated heterocycles. The van der Waals surface area contributed by atoms with Crippen molar-refractivity contribution in [3.8, 4) is 22.3 Å². The third-order valence-electron chi connectivity index (χ3n) is 3.10. The second-order valence-corrected chi connectivity index (χ2v) is 4.58. The van der Waals surface area contributed by atoms with Gasteiger partial charge in [0.05, 0.1) is 0 Å². The summed E-state index contributed by atoms with van der Waals surface area (Å²) in [7, 11) is -0.917. The zero-order chi connectivity index (χ0) is 14.9. The second kappa shape index (κ2) is 8.33. The van der Waals surface area contributed by atoms with Crippen molar-refractivity contribution in [3.05, 3.63) is 84.9 Å². The Bertz CT molecular complexity index is 596. The van der Waals surface area contributed by atoms with Crippen LogP contribution in [0, 0.1) is 0 Å². The minimum absolute atomic E-state index is 0.917. The van der Waals surface area contributed by atoms with E-state index in [1.54, 1.807) is 0 Å². The lowest BCUT2D eigenvalue weighted by molar-refractivity contribution is 0.513. The molecule has 0 aliphatic rings. The molecular formula is C18H17O2P. The van der Waals surface area contributed by atoms with Gasteiger partial charge in [0.15, 0.2) is 0 Å². The highest BCUT2D eigenvalue weighted by molar-refractivity contribution is 7.23. The molecule has 0 fully saturated rings. The van der Waals surface area contributed by atoms with Gasteiger partial charge in [-0.05, 0) is 22.3 Å². The third kappa shape index (κ3) is 4.24. The maximum Gasteiger partial charge on any atom is 0.149 e. The molecule has 0 radical (unpaired) electrons. The van der Waals surface area contributed by atoms with Crippen molar-refractivity contribution < 1.29 is 9.79 Å². The third-order valence-corrected chi connectivity index (χ3v) is 3.10. The van der Waals surface area contributed by atoms with Gasteiger partial charge in [0, 0.05) is 0 Å².